The summed E-state index contributed by atoms with van der Waals surface area (Å²) in [5.74, 6) is 0. The Hall–Kier alpha value is -0.240. The van der Waals surface area contributed by atoms with Crippen molar-refractivity contribution in [1.29, 1.82) is 0 Å². The Morgan fingerprint density at radius 1 is 0.800 bits per heavy atom. The summed E-state index contributed by atoms with van der Waals surface area (Å²) in [6.45, 7) is 1.88. The normalized spacial score (nSPS) is 17.7. The van der Waals surface area contributed by atoms with Gasteiger partial charge in [0.05, 0.1) is 13.2 Å². The molecule has 20 heavy (non-hydrogen) atoms. The Balaban J connectivity index is 3.59. The van der Waals surface area contributed by atoms with Crippen LogP contribution >= 0.6 is 0 Å². The number of unbranched alkanes of at least 4 members (excludes halogenated alkanes) is 5. The summed E-state index contributed by atoms with van der Waals surface area (Å²) in [6.07, 6.45) is 0.935. The fourth-order valence-corrected chi connectivity index (χ4v) is 1.85. The fraction of sp³-hybridized carbons (Fsp3) is 1.00. The van der Waals surface area contributed by atoms with Gasteiger partial charge in [-0.15, -0.1) is 0 Å². The van der Waals surface area contributed by atoms with E-state index in [9.17, 15) is 15.3 Å². The van der Waals surface area contributed by atoms with Gasteiger partial charge in [0.25, 0.3) is 0 Å². The molecule has 0 bridgehead atoms. The highest BCUT2D eigenvalue weighted by molar-refractivity contribution is 4.80. The van der Waals surface area contributed by atoms with E-state index >= 15 is 0 Å². The van der Waals surface area contributed by atoms with Crippen molar-refractivity contribution >= 4 is 0 Å². The van der Waals surface area contributed by atoms with Crippen LogP contribution in [0.25, 0.3) is 0 Å². The average molecular weight is 294 g/mol. The van der Waals surface area contributed by atoms with E-state index in [4.69, 9.17) is 14.9 Å². The summed E-state index contributed by atoms with van der Waals surface area (Å²) in [6, 6.07) is 0. The maximum atomic E-state index is 9.58. The minimum absolute atomic E-state index is 0.106. The van der Waals surface area contributed by atoms with Gasteiger partial charge < -0.3 is 30.3 Å². The molecule has 0 saturated heterocycles. The molecule has 0 amide bonds. The van der Waals surface area contributed by atoms with Gasteiger partial charge in [-0.25, -0.2) is 0 Å². The maximum Gasteiger partial charge on any atom is 0.111 e. The van der Waals surface area contributed by atoms with Crippen LogP contribution in [0.15, 0.2) is 0 Å². The van der Waals surface area contributed by atoms with E-state index in [1.807, 2.05) is 0 Å². The molecule has 0 heterocycles. The van der Waals surface area contributed by atoms with Crippen LogP contribution in [0.5, 0.6) is 0 Å². The summed E-state index contributed by atoms with van der Waals surface area (Å²) in [4.78, 5) is 0. The molecule has 0 unspecified atom stereocenters. The Kier molecular flexibility index (Phi) is 12.3. The van der Waals surface area contributed by atoms with Gasteiger partial charge >= 0.3 is 0 Å². The summed E-state index contributed by atoms with van der Waals surface area (Å²) in [5.41, 5.74) is 0. The van der Waals surface area contributed by atoms with Crippen molar-refractivity contribution in [3.63, 3.8) is 0 Å². The standard InChI is InChI=1S/C14H30O6/c1-2-3-4-5-6-7-8-20-10-12(17)14(19)13(18)11(16)9-15/h11-19H,2-10H2,1H3/t11-,12+,13+,14-/m1/s1. The molecule has 0 fully saturated rings. The Morgan fingerprint density at radius 3 is 1.95 bits per heavy atom. The third-order valence-electron chi connectivity index (χ3n) is 3.26. The lowest BCUT2D eigenvalue weighted by Gasteiger charge is -2.25. The molecular formula is C14H30O6. The van der Waals surface area contributed by atoms with Gasteiger partial charge in [0, 0.05) is 6.61 Å². The number of hydrogen-bond acceptors (Lipinski definition) is 6. The number of aliphatic hydroxyl groups is 5. The molecule has 0 aromatic carbocycles. The summed E-state index contributed by atoms with van der Waals surface area (Å²) >= 11 is 0. The van der Waals surface area contributed by atoms with Gasteiger partial charge in [0.15, 0.2) is 0 Å². The third-order valence-corrected chi connectivity index (χ3v) is 3.26. The van der Waals surface area contributed by atoms with E-state index in [1.54, 1.807) is 0 Å². The highest BCUT2D eigenvalue weighted by atomic mass is 16.5. The van der Waals surface area contributed by atoms with Crippen LogP contribution in [0.3, 0.4) is 0 Å². The molecule has 5 N–H and O–H groups in total. The molecule has 6 nitrogen and oxygen atoms in total. The monoisotopic (exact) mass is 294 g/mol. The minimum atomic E-state index is -1.59. The first-order valence-electron chi connectivity index (χ1n) is 7.45. The molecule has 0 aliphatic rings. The van der Waals surface area contributed by atoms with Crippen LogP contribution in [0.2, 0.25) is 0 Å². The quantitative estimate of drug-likeness (QED) is 0.301. The highest BCUT2D eigenvalue weighted by Crippen LogP contribution is 2.07. The van der Waals surface area contributed by atoms with E-state index in [2.05, 4.69) is 6.92 Å². The van der Waals surface area contributed by atoms with Crippen molar-refractivity contribution in [2.45, 2.75) is 69.9 Å². The fourth-order valence-electron chi connectivity index (χ4n) is 1.85. The average Bonchev–Trinajstić information content (AvgIpc) is 2.47. The Morgan fingerprint density at radius 2 is 1.35 bits per heavy atom. The predicted molar refractivity (Wildman–Crippen MR) is 75.3 cm³/mol. The molecule has 0 saturated carbocycles. The van der Waals surface area contributed by atoms with Crippen molar-refractivity contribution in [1.82, 2.24) is 0 Å². The zero-order chi connectivity index (χ0) is 15.4. The lowest BCUT2D eigenvalue weighted by molar-refractivity contribution is -0.129. The lowest BCUT2D eigenvalue weighted by atomic mass is 10.0. The van der Waals surface area contributed by atoms with Gasteiger partial charge in [-0.3, -0.25) is 0 Å². The second-order valence-electron chi connectivity index (χ2n) is 5.14. The van der Waals surface area contributed by atoms with Crippen molar-refractivity contribution in [2.24, 2.45) is 0 Å². The topological polar surface area (TPSA) is 110 Å². The minimum Gasteiger partial charge on any atom is -0.394 e. The second-order valence-corrected chi connectivity index (χ2v) is 5.14. The van der Waals surface area contributed by atoms with Crippen LogP contribution in [-0.4, -0.2) is 69.8 Å². The van der Waals surface area contributed by atoms with Crippen molar-refractivity contribution in [2.75, 3.05) is 19.8 Å². The molecule has 6 heteroatoms. The van der Waals surface area contributed by atoms with Crippen LogP contribution < -0.4 is 0 Å². The van der Waals surface area contributed by atoms with Crippen LogP contribution in [0.1, 0.15) is 45.4 Å². The summed E-state index contributed by atoms with van der Waals surface area (Å²) < 4.78 is 5.22. The molecule has 4 atom stereocenters. The van der Waals surface area contributed by atoms with Crippen LogP contribution in [0, 0.1) is 0 Å². The highest BCUT2D eigenvalue weighted by Gasteiger charge is 2.29. The van der Waals surface area contributed by atoms with E-state index < -0.39 is 31.0 Å². The van der Waals surface area contributed by atoms with Gasteiger partial charge in [0.1, 0.15) is 24.4 Å². The first-order chi connectivity index (χ1) is 9.54. The molecule has 0 radical (unpaired) electrons. The van der Waals surface area contributed by atoms with Crippen LogP contribution in [0.4, 0.5) is 0 Å². The van der Waals surface area contributed by atoms with Crippen LogP contribution in [-0.2, 0) is 4.74 Å². The van der Waals surface area contributed by atoms with E-state index in [-0.39, 0.29) is 6.61 Å². The van der Waals surface area contributed by atoms with Gasteiger partial charge in [-0.2, -0.15) is 0 Å². The van der Waals surface area contributed by atoms with Gasteiger partial charge in [-0.05, 0) is 6.42 Å². The molecular weight excluding hydrogens is 264 g/mol. The lowest BCUT2D eigenvalue weighted by Crippen LogP contribution is -2.47. The second kappa shape index (κ2) is 12.5. The number of ether oxygens (including phenoxy) is 1. The number of hydrogen-bond donors (Lipinski definition) is 5. The Bertz CT molecular complexity index is 214. The zero-order valence-electron chi connectivity index (χ0n) is 12.3. The first kappa shape index (κ1) is 19.8. The SMILES string of the molecule is CCCCCCCCOC[C@H](O)[C@@H](O)[C@@H](O)[C@H](O)CO. The third kappa shape index (κ3) is 8.84. The smallest absolute Gasteiger partial charge is 0.111 e. The summed E-state index contributed by atoms with van der Waals surface area (Å²) in [5, 5.41) is 46.3. The van der Waals surface area contributed by atoms with E-state index in [1.165, 1.54) is 25.7 Å². The molecule has 122 valence electrons. The number of aliphatic hydroxyl groups excluding tert-OH is 5. The maximum absolute atomic E-state index is 9.58. The predicted octanol–water partition coefficient (Wildman–Crippen LogP) is -0.201. The molecule has 0 aliphatic carbocycles. The largest absolute Gasteiger partial charge is 0.394 e. The zero-order valence-corrected chi connectivity index (χ0v) is 12.3. The first-order valence-corrected chi connectivity index (χ1v) is 7.45. The van der Waals surface area contributed by atoms with Crippen molar-refractivity contribution in [3.05, 3.63) is 0 Å². The van der Waals surface area contributed by atoms with Gasteiger partial charge in [-0.1, -0.05) is 39.0 Å². The molecule has 0 aromatic rings. The van der Waals surface area contributed by atoms with E-state index in [0.29, 0.717) is 6.61 Å². The Labute approximate surface area is 121 Å². The molecule has 0 aromatic heterocycles. The molecule has 0 spiro atoms. The van der Waals surface area contributed by atoms with E-state index in [0.717, 1.165) is 12.8 Å². The van der Waals surface area contributed by atoms with Crippen molar-refractivity contribution < 1.29 is 30.3 Å². The van der Waals surface area contributed by atoms with Gasteiger partial charge in [0.2, 0.25) is 0 Å². The summed E-state index contributed by atoms with van der Waals surface area (Å²) in [7, 11) is 0. The molecule has 0 rings (SSSR count). The van der Waals surface area contributed by atoms with Crippen molar-refractivity contribution in [3.8, 4) is 0 Å². The molecule has 0 aliphatic heterocycles. The number of rotatable bonds is 13.